The van der Waals surface area contributed by atoms with Crippen LogP contribution in [0.5, 0.6) is 0 Å². The molecule has 0 spiro atoms. The molecule has 1 aliphatic heterocycles. The smallest absolute Gasteiger partial charge is 0.388 e. The van der Waals surface area contributed by atoms with Crippen molar-refractivity contribution < 1.29 is 32.9 Å². The highest BCUT2D eigenvalue weighted by molar-refractivity contribution is 5.77. The summed E-state index contributed by atoms with van der Waals surface area (Å²) in [6.45, 7) is -0.501. The lowest BCUT2D eigenvalue weighted by molar-refractivity contribution is -0.137. The number of pyridine rings is 1. The summed E-state index contributed by atoms with van der Waals surface area (Å²) in [6, 6.07) is 2.05. The van der Waals surface area contributed by atoms with E-state index in [4.69, 9.17) is 0 Å². The predicted octanol–water partition coefficient (Wildman–Crippen LogP) is -0.225. The van der Waals surface area contributed by atoms with E-state index in [0.29, 0.717) is 6.20 Å². The van der Waals surface area contributed by atoms with Crippen molar-refractivity contribution in [3.63, 3.8) is 0 Å². The number of aliphatic hydroxyl groups excluding tert-OH is 1. The summed E-state index contributed by atoms with van der Waals surface area (Å²) in [5, 5.41) is 22.9. The number of halogens is 3. The van der Waals surface area contributed by atoms with Gasteiger partial charge in [-0.25, -0.2) is 4.98 Å². The maximum atomic E-state index is 12.5. The minimum absolute atomic E-state index is 0.0188. The fraction of sp³-hybridized carbons (Fsp3) is 0.571. The number of nitrogens with zero attached hydrogens (tertiary/aromatic N) is 2. The van der Waals surface area contributed by atoms with Crippen molar-refractivity contribution >= 4 is 11.7 Å². The third kappa shape index (κ3) is 4.13. The van der Waals surface area contributed by atoms with Crippen molar-refractivity contribution in [2.75, 3.05) is 38.3 Å². The maximum absolute atomic E-state index is 12.5. The number of anilines is 1. The van der Waals surface area contributed by atoms with Crippen molar-refractivity contribution in [3.8, 4) is 0 Å². The van der Waals surface area contributed by atoms with Crippen LogP contribution in [0.1, 0.15) is 5.56 Å². The van der Waals surface area contributed by atoms with Gasteiger partial charge in [0.15, 0.2) is 0 Å². The lowest BCUT2D eigenvalue weighted by Gasteiger charge is -2.26. The summed E-state index contributed by atoms with van der Waals surface area (Å²) in [5.74, 6) is -0.259. The molecule has 24 heavy (non-hydrogen) atoms. The molecule has 0 aliphatic carbocycles. The number of rotatable bonds is 5. The molecule has 0 aromatic carbocycles. The third-order valence-electron chi connectivity index (χ3n) is 3.74. The van der Waals surface area contributed by atoms with E-state index < -0.39 is 29.4 Å². The van der Waals surface area contributed by atoms with Crippen LogP contribution in [0.4, 0.5) is 19.0 Å². The first kappa shape index (κ1) is 18.4. The quantitative estimate of drug-likeness (QED) is 0.680. The van der Waals surface area contributed by atoms with Gasteiger partial charge in [0, 0.05) is 19.9 Å². The summed E-state index contributed by atoms with van der Waals surface area (Å²) in [4.78, 5) is 16.6. The van der Waals surface area contributed by atoms with Gasteiger partial charge in [-0.1, -0.05) is 0 Å². The van der Waals surface area contributed by atoms with E-state index in [0.717, 1.165) is 6.07 Å². The van der Waals surface area contributed by atoms with E-state index in [2.05, 4.69) is 15.0 Å². The fourth-order valence-corrected chi connectivity index (χ4v) is 2.40. The van der Waals surface area contributed by atoms with Crippen molar-refractivity contribution in [2.45, 2.75) is 17.9 Å². The molecule has 3 N–H and O–H groups in total. The van der Waals surface area contributed by atoms with Crippen LogP contribution in [0.3, 0.4) is 0 Å². The number of ether oxygens (including phenoxy) is 1. The molecule has 1 amide bonds. The van der Waals surface area contributed by atoms with Crippen LogP contribution in [0.2, 0.25) is 0 Å². The van der Waals surface area contributed by atoms with Crippen molar-refractivity contribution in [1.82, 2.24) is 10.3 Å². The number of β-amino-alcohol motifs (C(OH)–C–C–N with tert-alkyl or cyclic N) is 2. The molecule has 1 saturated heterocycles. The van der Waals surface area contributed by atoms with E-state index in [9.17, 15) is 28.2 Å². The van der Waals surface area contributed by atoms with Gasteiger partial charge in [-0.05, 0) is 12.1 Å². The van der Waals surface area contributed by atoms with Crippen molar-refractivity contribution in [3.05, 3.63) is 23.9 Å². The highest BCUT2D eigenvalue weighted by atomic mass is 19.4. The molecular formula is C14H18F3N3O4. The normalized spacial score (nSPS) is 24.2. The summed E-state index contributed by atoms with van der Waals surface area (Å²) in [5.41, 5.74) is -2.51. The Morgan fingerprint density at radius 3 is 2.79 bits per heavy atom. The summed E-state index contributed by atoms with van der Waals surface area (Å²) in [7, 11) is 1.34. The van der Waals surface area contributed by atoms with Gasteiger partial charge in [0.05, 0.1) is 18.7 Å². The zero-order valence-corrected chi connectivity index (χ0v) is 12.9. The lowest BCUT2D eigenvalue weighted by Crippen LogP contribution is -2.51. The van der Waals surface area contributed by atoms with Crippen LogP contribution in [-0.2, 0) is 15.7 Å². The fourth-order valence-electron chi connectivity index (χ4n) is 2.40. The average molecular weight is 349 g/mol. The van der Waals surface area contributed by atoms with Gasteiger partial charge < -0.3 is 25.2 Å². The minimum Gasteiger partial charge on any atom is -0.388 e. The number of nitrogens with one attached hydrogen (secondary N) is 1. The van der Waals surface area contributed by atoms with Crippen molar-refractivity contribution in [1.29, 1.82) is 0 Å². The van der Waals surface area contributed by atoms with E-state index in [1.54, 1.807) is 0 Å². The lowest BCUT2D eigenvalue weighted by atomic mass is 10.0. The zero-order valence-electron chi connectivity index (χ0n) is 12.9. The summed E-state index contributed by atoms with van der Waals surface area (Å²) >= 11 is 0. The van der Waals surface area contributed by atoms with Crippen LogP contribution in [-0.4, -0.2) is 66.2 Å². The van der Waals surface area contributed by atoms with Crippen LogP contribution >= 0.6 is 0 Å². The van der Waals surface area contributed by atoms with E-state index in [-0.39, 0.29) is 32.1 Å². The second-order valence-corrected chi connectivity index (χ2v) is 5.61. The number of hydrogen-bond acceptors (Lipinski definition) is 6. The number of carbonyl (C=O) groups is 1. The summed E-state index contributed by atoms with van der Waals surface area (Å²) in [6.07, 6.45) is -4.98. The van der Waals surface area contributed by atoms with Crippen LogP contribution in [0.15, 0.2) is 18.3 Å². The van der Waals surface area contributed by atoms with Crippen molar-refractivity contribution in [2.24, 2.45) is 0 Å². The summed E-state index contributed by atoms with van der Waals surface area (Å²) < 4.78 is 42.2. The number of methoxy groups -OCH3 is 1. The molecule has 7 nitrogen and oxygen atoms in total. The Bertz CT molecular complexity index is 582. The Morgan fingerprint density at radius 2 is 2.25 bits per heavy atom. The van der Waals surface area contributed by atoms with Gasteiger partial charge in [-0.15, -0.1) is 0 Å². The molecule has 2 heterocycles. The molecule has 1 aromatic rings. The van der Waals surface area contributed by atoms with E-state index in [1.165, 1.54) is 18.1 Å². The Kier molecular flexibility index (Phi) is 5.31. The van der Waals surface area contributed by atoms with Crippen LogP contribution in [0, 0.1) is 0 Å². The number of carbonyl (C=O) groups excluding carboxylic acids is 1. The average Bonchev–Trinajstić information content (AvgIpc) is 2.81. The number of amides is 1. The van der Waals surface area contributed by atoms with Crippen LogP contribution < -0.4 is 10.2 Å². The molecule has 2 atom stereocenters. The molecule has 134 valence electrons. The number of alkyl halides is 3. The molecule has 0 bridgehead atoms. The SMILES string of the molecule is COCC(=O)NC[C@]1(O)CN(c2ccc(C(F)(F)F)cn2)C[C@H]1O. The molecule has 1 fully saturated rings. The maximum Gasteiger partial charge on any atom is 0.417 e. The van der Waals surface area contributed by atoms with E-state index >= 15 is 0 Å². The molecule has 2 rings (SSSR count). The van der Waals surface area contributed by atoms with Gasteiger partial charge in [-0.3, -0.25) is 4.79 Å². The largest absolute Gasteiger partial charge is 0.417 e. The number of hydrogen-bond donors (Lipinski definition) is 3. The Balaban J connectivity index is 2.03. The zero-order chi connectivity index (χ0) is 18.0. The van der Waals surface area contributed by atoms with Crippen LogP contribution in [0.25, 0.3) is 0 Å². The molecule has 10 heteroatoms. The second kappa shape index (κ2) is 6.91. The van der Waals surface area contributed by atoms with Gasteiger partial charge >= 0.3 is 6.18 Å². The first-order valence-electron chi connectivity index (χ1n) is 7.10. The monoisotopic (exact) mass is 349 g/mol. The Hall–Kier alpha value is -1.91. The first-order chi connectivity index (χ1) is 11.2. The second-order valence-electron chi connectivity index (χ2n) is 5.61. The molecular weight excluding hydrogens is 331 g/mol. The first-order valence-corrected chi connectivity index (χ1v) is 7.10. The minimum atomic E-state index is -4.48. The molecule has 0 radical (unpaired) electrons. The Morgan fingerprint density at radius 1 is 1.54 bits per heavy atom. The Labute approximate surface area is 136 Å². The van der Waals surface area contributed by atoms with Gasteiger partial charge in [0.25, 0.3) is 0 Å². The standard InChI is InChI=1S/C14H18F3N3O4/c1-24-6-12(22)19-7-13(23)8-20(5-10(13)21)11-3-2-9(4-18-11)14(15,16)17/h2-4,10,21,23H,5-8H2,1H3,(H,19,22)/t10-,13+/m1/s1. The molecule has 0 unspecified atom stereocenters. The highest BCUT2D eigenvalue weighted by Gasteiger charge is 2.45. The highest BCUT2D eigenvalue weighted by Crippen LogP contribution is 2.31. The number of aromatic nitrogens is 1. The van der Waals surface area contributed by atoms with Gasteiger partial charge in [-0.2, -0.15) is 13.2 Å². The number of aliphatic hydroxyl groups is 2. The molecule has 1 aliphatic rings. The van der Waals surface area contributed by atoms with Gasteiger partial charge in [0.2, 0.25) is 5.91 Å². The van der Waals surface area contributed by atoms with E-state index in [1.807, 2.05) is 0 Å². The molecule has 0 saturated carbocycles. The van der Waals surface area contributed by atoms with Gasteiger partial charge in [0.1, 0.15) is 24.1 Å². The third-order valence-corrected chi connectivity index (χ3v) is 3.74. The molecule has 1 aromatic heterocycles. The topological polar surface area (TPSA) is 94.9 Å². The predicted molar refractivity (Wildman–Crippen MR) is 77.3 cm³/mol.